The van der Waals surface area contributed by atoms with Gasteiger partial charge in [-0.25, -0.2) is 14.4 Å². The monoisotopic (exact) mass is 346 g/mol. The third-order valence-electron chi connectivity index (χ3n) is 4.72. The van der Waals surface area contributed by atoms with Crippen LogP contribution in [0.2, 0.25) is 0 Å². The first-order valence-corrected chi connectivity index (χ1v) is 8.40. The molecular formula is C17H19FN4O3. The van der Waals surface area contributed by atoms with Gasteiger partial charge < -0.3 is 19.4 Å². The molecular weight excluding hydrogens is 327 g/mol. The van der Waals surface area contributed by atoms with Crippen LogP contribution in [-0.2, 0) is 16.1 Å². The van der Waals surface area contributed by atoms with Crippen molar-refractivity contribution in [2.24, 2.45) is 0 Å². The average molecular weight is 346 g/mol. The smallest absolute Gasteiger partial charge is 0.249 e. The predicted molar refractivity (Wildman–Crippen MR) is 86.2 cm³/mol. The molecule has 3 atom stereocenters. The highest BCUT2D eigenvalue weighted by atomic mass is 19.1. The lowest BCUT2D eigenvalue weighted by molar-refractivity contribution is -0.141. The lowest BCUT2D eigenvalue weighted by Crippen LogP contribution is -2.48. The first-order chi connectivity index (χ1) is 12.2. The molecule has 0 spiro atoms. The van der Waals surface area contributed by atoms with E-state index in [0.29, 0.717) is 24.7 Å². The third-order valence-corrected chi connectivity index (χ3v) is 4.72. The number of nitrogens with zero attached hydrogens (tertiary/aromatic N) is 3. The van der Waals surface area contributed by atoms with Gasteiger partial charge in [0.2, 0.25) is 11.9 Å². The molecule has 1 amide bonds. The molecule has 2 aromatic rings. The van der Waals surface area contributed by atoms with E-state index in [1.165, 1.54) is 12.4 Å². The maximum Gasteiger partial charge on any atom is 0.249 e. The normalized spacial score (nSPS) is 25.6. The molecule has 0 radical (unpaired) electrons. The Bertz CT molecular complexity index is 722. The third kappa shape index (κ3) is 3.34. The van der Waals surface area contributed by atoms with E-state index in [0.717, 1.165) is 19.4 Å². The van der Waals surface area contributed by atoms with Crippen molar-refractivity contribution in [2.75, 3.05) is 11.4 Å². The SMILES string of the molecule is O=C(NCc1ccco1)[C@@H]1CC[C@@H]2[C@@H](CCN2c2ncc(F)cn2)O1. The minimum absolute atomic E-state index is 0.0400. The van der Waals surface area contributed by atoms with E-state index in [1.807, 2.05) is 11.0 Å². The van der Waals surface area contributed by atoms with Gasteiger partial charge >= 0.3 is 0 Å². The van der Waals surface area contributed by atoms with E-state index in [4.69, 9.17) is 9.15 Å². The first-order valence-electron chi connectivity index (χ1n) is 8.40. The number of furan rings is 1. The van der Waals surface area contributed by atoms with Crippen molar-refractivity contribution in [3.8, 4) is 0 Å². The number of rotatable bonds is 4. The second-order valence-corrected chi connectivity index (χ2v) is 6.29. The molecule has 25 heavy (non-hydrogen) atoms. The predicted octanol–water partition coefficient (Wildman–Crippen LogP) is 1.65. The van der Waals surface area contributed by atoms with Crippen LogP contribution in [0.15, 0.2) is 35.2 Å². The van der Waals surface area contributed by atoms with Crippen LogP contribution >= 0.6 is 0 Å². The number of fused-ring (bicyclic) bond motifs is 1. The van der Waals surface area contributed by atoms with Crippen molar-refractivity contribution in [2.45, 2.75) is 44.1 Å². The zero-order chi connectivity index (χ0) is 17.2. The van der Waals surface area contributed by atoms with E-state index in [9.17, 15) is 9.18 Å². The van der Waals surface area contributed by atoms with Crippen molar-refractivity contribution in [3.63, 3.8) is 0 Å². The number of anilines is 1. The molecule has 132 valence electrons. The first kappa shape index (κ1) is 16.0. The van der Waals surface area contributed by atoms with Crippen LogP contribution in [0.4, 0.5) is 10.3 Å². The number of ether oxygens (including phenoxy) is 1. The van der Waals surface area contributed by atoms with E-state index >= 15 is 0 Å². The maximum absolute atomic E-state index is 13.0. The molecule has 0 bridgehead atoms. The van der Waals surface area contributed by atoms with Crippen LogP contribution in [0.25, 0.3) is 0 Å². The summed E-state index contributed by atoms with van der Waals surface area (Å²) < 4.78 is 24.2. The molecule has 4 heterocycles. The maximum atomic E-state index is 13.0. The topological polar surface area (TPSA) is 80.5 Å². The molecule has 7 nitrogen and oxygen atoms in total. The number of aromatic nitrogens is 2. The zero-order valence-electron chi connectivity index (χ0n) is 13.6. The van der Waals surface area contributed by atoms with Crippen LogP contribution in [0.1, 0.15) is 25.0 Å². The van der Waals surface area contributed by atoms with Crippen molar-refractivity contribution >= 4 is 11.9 Å². The number of nitrogens with one attached hydrogen (secondary N) is 1. The Balaban J connectivity index is 1.35. The fourth-order valence-electron chi connectivity index (χ4n) is 3.52. The number of hydrogen-bond donors (Lipinski definition) is 1. The lowest BCUT2D eigenvalue weighted by Gasteiger charge is -2.35. The molecule has 1 N–H and O–H groups in total. The minimum Gasteiger partial charge on any atom is -0.467 e. The molecule has 2 aromatic heterocycles. The summed E-state index contributed by atoms with van der Waals surface area (Å²) >= 11 is 0. The van der Waals surface area contributed by atoms with Crippen LogP contribution in [-0.4, -0.2) is 40.7 Å². The van der Waals surface area contributed by atoms with Gasteiger partial charge in [-0.05, 0) is 31.4 Å². The summed E-state index contributed by atoms with van der Waals surface area (Å²) in [6.07, 6.45) is 5.66. The van der Waals surface area contributed by atoms with Crippen LogP contribution in [0.3, 0.4) is 0 Å². The van der Waals surface area contributed by atoms with Gasteiger partial charge in [0.25, 0.3) is 0 Å². The Hall–Kier alpha value is -2.48. The van der Waals surface area contributed by atoms with Crippen molar-refractivity contribution in [1.82, 2.24) is 15.3 Å². The molecule has 0 saturated carbocycles. The van der Waals surface area contributed by atoms with Gasteiger partial charge in [-0.15, -0.1) is 0 Å². The number of carbonyl (C=O) groups is 1. The molecule has 2 aliphatic rings. The Morgan fingerprint density at radius 1 is 1.32 bits per heavy atom. The van der Waals surface area contributed by atoms with Crippen LogP contribution in [0.5, 0.6) is 0 Å². The lowest BCUT2D eigenvalue weighted by atomic mass is 9.98. The number of halogens is 1. The quantitative estimate of drug-likeness (QED) is 0.907. The summed E-state index contributed by atoms with van der Waals surface area (Å²) in [4.78, 5) is 22.5. The largest absolute Gasteiger partial charge is 0.467 e. The second-order valence-electron chi connectivity index (χ2n) is 6.29. The fourth-order valence-corrected chi connectivity index (χ4v) is 3.52. The summed E-state index contributed by atoms with van der Waals surface area (Å²) in [5, 5.41) is 2.85. The van der Waals surface area contributed by atoms with Gasteiger partial charge in [0, 0.05) is 6.54 Å². The summed E-state index contributed by atoms with van der Waals surface area (Å²) in [5.74, 6) is 0.653. The minimum atomic E-state index is -0.453. The van der Waals surface area contributed by atoms with Gasteiger partial charge in [-0.2, -0.15) is 0 Å². The zero-order valence-corrected chi connectivity index (χ0v) is 13.6. The van der Waals surface area contributed by atoms with Gasteiger partial charge in [-0.3, -0.25) is 4.79 Å². The Morgan fingerprint density at radius 2 is 2.16 bits per heavy atom. The molecule has 0 unspecified atom stereocenters. The molecule has 2 aliphatic heterocycles. The van der Waals surface area contributed by atoms with Gasteiger partial charge in [0.1, 0.15) is 11.9 Å². The Kier molecular flexibility index (Phi) is 4.35. The average Bonchev–Trinajstić information content (AvgIpc) is 3.29. The molecule has 0 aliphatic carbocycles. The van der Waals surface area contributed by atoms with E-state index < -0.39 is 11.9 Å². The summed E-state index contributed by atoms with van der Waals surface area (Å²) in [5.41, 5.74) is 0. The standard InChI is InChI=1S/C17H19FN4O3/c18-11-8-20-17(21-9-11)22-6-5-14-13(22)3-4-15(25-14)16(23)19-10-12-2-1-7-24-12/h1-2,7-9,13-15H,3-6,10H2,(H,19,23)/t13-,14-,15+/m1/s1. The van der Waals surface area contributed by atoms with Crippen molar-refractivity contribution in [3.05, 3.63) is 42.4 Å². The van der Waals surface area contributed by atoms with Crippen LogP contribution < -0.4 is 10.2 Å². The molecule has 8 heteroatoms. The van der Waals surface area contributed by atoms with Crippen molar-refractivity contribution in [1.29, 1.82) is 0 Å². The summed E-state index contributed by atoms with van der Waals surface area (Å²) in [6.45, 7) is 1.09. The highest BCUT2D eigenvalue weighted by molar-refractivity contribution is 5.80. The summed E-state index contributed by atoms with van der Waals surface area (Å²) in [7, 11) is 0. The molecule has 2 saturated heterocycles. The van der Waals surface area contributed by atoms with Gasteiger partial charge in [0.15, 0.2) is 5.82 Å². The Labute approximate surface area is 144 Å². The van der Waals surface area contributed by atoms with Gasteiger partial charge in [-0.1, -0.05) is 0 Å². The fraction of sp³-hybridized carbons (Fsp3) is 0.471. The molecule has 0 aromatic carbocycles. The van der Waals surface area contributed by atoms with Crippen molar-refractivity contribution < 1.29 is 18.3 Å². The van der Waals surface area contributed by atoms with E-state index in [2.05, 4.69) is 15.3 Å². The van der Waals surface area contributed by atoms with Crippen LogP contribution in [0, 0.1) is 5.82 Å². The number of carbonyl (C=O) groups excluding carboxylic acids is 1. The van der Waals surface area contributed by atoms with E-state index in [-0.39, 0.29) is 18.1 Å². The number of amides is 1. The summed E-state index contributed by atoms with van der Waals surface area (Å²) in [6, 6.07) is 3.73. The highest BCUT2D eigenvalue weighted by Gasteiger charge is 2.42. The van der Waals surface area contributed by atoms with E-state index in [1.54, 1.807) is 12.3 Å². The number of hydrogen-bond acceptors (Lipinski definition) is 6. The molecule has 2 fully saturated rings. The highest BCUT2D eigenvalue weighted by Crippen LogP contribution is 2.33. The van der Waals surface area contributed by atoms with Gasteiger partial charge in [0.05, 0.1) is 37.3 Å². The Morgan fingerprint density at radius 3 is 2.92 bits per heavy atom. The molecule has 4 rings (SSSR count). The second kappa shape index (κ2) is 6.79.